The molecule has 0 amide bonds. The Kier molecular flexibility index (Phi) is 3.73. The van der Waals surface area contributed by atoms with Crippen LogP contribution in [0.15, 0.2) is 23.1 Å². The summed E-state index contributed by atoms with van der Waals surface area (Å²) in [6, 6.07) is 4.83. The molecule has 1 aliphatic rings. The number of sulfone groups is 1. The van der Waals surface area contributed by atoms with Crippen molar-refractivity contribution in [3.05, 3.63) is 18.2 Å². The van der Waals surface area contributed by atoms with Gasteiger partial charge in [-0.05, 0) is 31.5 Å². The molecule has 2 unspecified atom stereocenters. The van der Waals surface area contributed by atoms with Gasteiger partial charge in [-0.25, -0.2) is 8.42 Å². The Morgan fingerprint density at radius 3 is 2.63 bits per heavy atom. The second-order valence-corrected chi connectivity index (χ2v) is 7.24. The maximum atomic E-state index is 11.5. The molecule has 2 rings (SSSR count). The molecule has 2 atom stereocenters. The Hall–Kier alpha value is -1.27. The molecule has 0 spiro atoms. The van der Waals surface area contributed by atoms with Gasteiger partial charge in [0.1, 0.15) is 0 Å². The van der Waals surface area contributed by atoms with Crippen molar-refractivity contribution in [2.24, 2.45) is 5.92 Å². The Balaban J connectivity index is 2.24. The second kappa shape index (κ2) is 5.02. The van der Waals surface area contributed by atoms with Crippen molar-refractivity contribution < 1.29 is 13.5 Å². The van der Waals surface area contributed by atoms with Crippen LogP contribution in [0.2, 0.25) is 0 Å². The first-order valence-corrected chi connectivity index (χ1v) is 8.21. The molecule has 19 heavy (non-hydrogen) atoms. The summed E-state index contributed by atoms with van der Waals surface area (Å²) in [6.45, 7) is 3.38. The summed E-state index contributed by atoms with van der Waals surface area (Å²) in [6.07, 6.45) is 1.76. The number of aliphatic hydroxyl groups excluding tert-OH is 1. The van der Waals surface area contributed by atoms with E-state index in [0.717, 1.165) is 25.2 Å². The first-order chi connectivity index (χ1) is 8.79. The van der Waals surface area contributed by atoms with E-state index in [2.05, 4.69) is 4.90 Å². The molecule has 0 aliphatic carbocycles. The van der Waals surface area contributed by atoms with Gasteiger partial charge in [0.25, 0.3) is 0 Å². The van der Waals surface area contributed by atoms with E-state index in [4.69, 9.17) is 5.73 Å². The minimum Gasteiger partial charge on any atom is -0.397 e. The largest absolute Gasteiger partial charge is 0.397 e. The molecular weight excluding hydrogens is 264 g/mol. The zero-order chi connectivity index (χ0) is 14.2. The summed E-state index contributed by atoms with van der Waals surface area (Å²) in [5.74, 6) is 0.244. The van der Waals surface area contributed by atoms with Crippen LogP contribution in [0.5, 0.6) is 0 Å². The van der Waals surface area contributed by atoms with Crippen molar-refractivity contribution in [3.8, 4) is 0 Å². The molecule has 1 fully saturated rings. The van der Waals surface area contributed by atoms with Crippen molar-refractivity contribution in [1.29, 1.82) is 0 Å². The maximum absolute atomic E-state index is 11.5. The number of anilines is 2. The summed E-state index contributed by atoms with van der Waals surface area (Å²) in [5.41, 5.74) is 7.26. The number of hydrogen-bond acceptors (Lipinski definition) is 5. The van der Waals surface area contributed by atoms with Crippen LogP contribution in [0.4, 0.5) is 11.4 Å². The molecule has 0 radical (unpaired) electrons. The summed E-state index contributed by atoms with van der Waals surface area (Å²) >= 11 is 0. The smallest absolute Gasteiger partial charge is 0.175 e. The lowest BCUT2D eigenvalue weighted by molar-refractivity contribution is 0.136. The third kappa shape index (κ3) is 3.01. The molecule has 1 heterocycles. The molecule has 0 aromatic heterocycles. The van der Waals surface area contributed by atoms with Crippen molar-refractivity contribution in [1.82, 2.24) is 0 Å². The quantitative estimate of drug-likeness (QED) is 0.805. The van der Waals surface area contributed by atoms with Crippen molar-refractivity contribution in [2.75, 3.05) is 30.0 Å². The number of rotatable bonds is 3. The third-order valence-corrected chi connectivity index (χ3v) is 4.79. The zero-order valence-corrected chi connectivity index (χ0v) is 12.0. The lowest BCUT2D eigenvalue weighted by atomic mass is 10.0. The van der Waals surface area contributed by atoms with E-state index in [-0.39, 0.29) is 16.9 Å². The van der Waals surface area contributed by atoms with Gasteiger partial charge in [-0.1, -0.05) is 0 Å². The molecule has 5 nitrogen and oxygen atoms in total. The standard InChI is InChI=1S/C13H20N2O3S/c1-9(16)10-5-6-15(8-10)13-4-3-11(7-12(13)14)19(2,17)18/h3-4,7,9-10,16H,5-6,8,14H2,1-2H3. The zero-order valence-electron chi connectivity index (χ0n) is 11.2. The van der Waals surface area contributed by atoms with Gasteiger partial charge in [0.2, 0.25) is 0 Å². The number of benzene rings is 1. The van der Waals surface area contributed by atoms with Crippen molar-refractivity contribution in [3.63, 3.8) is 0 Å². The van der Waals surface area contributed by atoms with Crippen LogP contribution < -0.4 is 10.6 Å². The van der Waals surface area contributed by atoms with E-state index < -0.39 is 9.84 Å². The summed E-state index contributed by atoms with van der Waals surface area (Å²) in [5, 5.41) is 9.60. The molecule has 1 aliphatic heterocycles. The molecule has 1 aromatic carbocycles. The predicted molar refractivity (Wildman–Crippen MR) is 76.0 cm³/mol. The minimum absolute atomic E-state index is 0.236. The predicted octanol–water partition coefficient (Wildman–Crippen LogP) is 0.879. The average molecular weight is 284 g/mol. The summed E-state index contributed by atoms with van der Waals surface area (Å²) < 4.78 is 22.9. The highest BCUT2D eigenvalue weighted by Crippen LogP contribution is 2.31. The second-order valence-electron chi connectivity index (χ2n) is 5.23. The number of nitrogens with two attached hydrogens (primary N) is 1. The topological polar surface area (TPSA) is 83.6 Å². The average Bonchev–Trinajstić information content (AvgIpc) is 2.76. The minimum atomic E-state index is -3.23. The van der Waals surface area contributed by atoms with Crippen LogP contribution >= 0.6 is 0 Å². The fraction of sp³-hybridized carbons (Fsp3) is 0.538. The molecule has 3 N–H and O–H groups in total. The van der Waals surface area contributed by atoms with Crippen LogP contribution in [-0.4, -0.2) is 39.0 Å². The van der Waals surface area contributed by atoms with E-state index >= 15 is 0 Å². The van der Waals surface area contributed by atoms with E-state index in [9.17, 15) is 13.5 Å². The number of nitrogen functional groups attached to an aromatic ring is 1. The van der Waals surface area contributed by atoms with Crippen LogP contribution in [0.1, 0.15) is 13.3 Å². The van der Waals surface area contributed by atoms with Gasteiger partial charge in [0.15, 0.2) is 9.84 Å². The first kappa shape index (κ1) is 14.1. The van der Waals surface area contributed by atoms with Crippen LogP contribution in [0, 0.1) is 5.92 Å². The SMILES string of the molecule is CC(O)C1CCN(c2ccc(S(C)(=O)=O)cc2N)C1. The van der Waals surface area contributed by atoms with Gasteiger partial charge in [-0.3, -0.25) is 0 Å². The maximum Gasteiger partial charge on any atom is 0.175 e. The highest BCUT2D eigenvalue weighted by molar-refractivity contribution is 7.90. The lowest BCUT2D eigenvalue weighted by Gasteiger charge is -2.21. The monoisotopic (exact) mass is 284 g/mol. The normalized spacial score (nSPS) is 21.6. The summed E-state index contributed by atoms with van der Waals surface area (Å²) in [7, 11) is -3.23. The molecule has 106 valence electrons. The fourth-order valence-corrected chi connectivity index (χ4v) is 3.11. The molecule has 1 aromatic rings. The Morgan fingerprint density at radius 2 is 2.16 bits per heavy atom. The van der Waals surface area contributed by atoms with Gasteiger partial charge < -0.3 is 15.7 Å². The fourth-order valence-electron chi connectivity index (χ4n) is 2.45. The van der Waals surface area contributed by atoms with E-state index in [0.29, 0.717) is 5.69 Å². The molecular formula is C13H20N2O3S. The van der Waals surface area contributed by atoms with Gasteiger partial charge in [0, 0.05) is 25.3 Å². The van der Waals surface area contributed by atoms with Crippen LogP contribution in [0.25, 0.3) is 0 Å². The molecule has 6 heteroatoms. The Bertz CT molecular complexity index is 569. The van der Waals surface area contributed by atoms with Crippen molar-refractivity contribution >= 4 is 21.2 Å². The first-order valence-electron chi connectivity index (χ1n) is 6.31. The molecule has 0 bridgehead atoms. The van der Waals surface area contributed by atoms with Crippen LogP contribution in [-0.2, 0) is 9.84 Å². The number of hydrogen-bond donors (Lipinski definition) is 2. The highest BCUT2D eigenvalue weighted by Gasteiger charge is 2.27. The van der Waals surface area contributed by atoms with Crippen LogP contribution in [0.3, 0.4) is 0 Å². The molecule has 1 saturated heterocycles. The third-order valence-electron chi connectivity index (χ3n) is 3.67. The van der Waals surface area contributed by atoms with Crippen molar-refractivity contribution in [2.45, 2.75) is 24.3 Å². The number of nitrogens with zero attached hydrogens (tertiary/aromatic N) is 1. The lowest BCUT2D eigenvalue weighted by Crippen LogP contribution is -2.24. The van der Waals surface area contributed by atoms with Gasteiger partial charge >= 0.3 is 0 Å². The van der Waals surface area contributed by atoms with Gasteiger partial charge in [0.05, 0.1) is 22.4 Å². The van der Waals surface area contributed by atoms with Gasteiger partial charge in [-0.2, -0.15) is 0 Å². The number of aliphatic hydroxyl groups is 1. The highest BCUT2D eigenvalue weighted by atomic mass is 32.2. The van der Waals surface area contributed by atoms with E-state index in [1.807, 2.05) is 0 Å². The van der Waals surface area contributed by atoms with E-state index in [1.54, 1.807) is 19.1 Å². The van der Waals surface area contributed by atoms with E-state index in [1.165, 1.54) is 12.3 Å². The Morgan fingerprint density at radius 1 is 1.47 bits per heavy atom. The molecule has 0 saturated carbocycles. The Labute approximate surface area is 113 Å². The summed E-state index contributed by atoms with van der Waals surface area (Å²) in [4.78, 5) is 2.33. The van der Waals surface area contributed by atoms with Gasteiger partial charge in [-0.15, -0.1) is 0 Å².